The summed E-state index contributed by atoms with van der Waals surface area (Å²) in [6, 6.07) is 0.112. The first kappa shape index (κ1) is 12.3. The van der Waals surface area contributed by atoms with Crippen LogP contribution in [0.15, 0.2) is 0 Å². The smallest absolute Gasteiger partial charge is 0.217 e. The molecule has 1 N–H and O–H groups in total. The van der Waals surface area contributed by atoms with E-state index in [0.717, 1.165) is 38.8 Å². The van der Waals surface area contributed by atoms with Gasteiger partial charge in [0.15, 0.2) is 0 Å². The highest BCUT2D eigenvalue weighted by atomic mass is 32.2. The van der Waals surface area contributed by atoms with E-state index in [1.807, 2.05) is 6.92 Å². The van der Waals surface area contributed by atoms with Crippen LogP contribution in [0.25, 0.3) is 0 Å². The van der Waals surface area contributed by atoms with Crippen LogP contribution in [0, 0.1) is 0 Å². The lowest BCUT2D eigenvalue weighted by Gasteiger charge is -2.36. The van der Waals surface area contributed by atoms with Gasteiger partial charge in [0.25, 0.3) is 0 Å². The van der Waals surface area contributed by atoms with Gasteiger partial charge in [0.05, 0.1) is 5.25 Å². The van der Waals surface area contributed by atoms with Crippen LogP contribution in [0.2, 0.25) is 0 Å². The van der Waals surface area contributed by atoms with Gasteiger partial charge in [-0.2, -0.15) is 4.31 Å². The van der Waals surface area contributed by atoms with Crippen molar-refractivity contribution >= 4 is 10.0 Å². The summed E-state index contributed by atoms with van der Waals surface area (Å²) >= 11 is 0. The molecule has 4 nitrogen and oxygen atoms in total. The molecule has 2 rings (SSSR count). The molecule has 1 aliphatic heterocycles. The molecule has 0 unspecified atom stereocenters. The summed E-state index contributed by atoms with van der Waals surface area (Å²) in [6.45, 7) is 4.20. The Labute approximate surface area is 98.4 Å². The maximum absolute atomic E-state index is 12.4. The van der Waals surface area contributed by atoms with E-state index in [0.29, 0.717) is 6.54 Å². The topological polar surface area (TPSA) is 49.4 Å². The molecule has 1 saturated heterocycles. The zero-order valence-electron chi connectivity index (χ0n) is 9.98. The summed E-state index contributed by atoms with van der Waals surface area (Å²) in [4.78, 5) is 0. The van der Waals surface area contributed by atoms with Crippen molar-refractivity contribution in [2.24, 2.45) is 0 Å². The fourth-order valence-electron chi connectivity index (χ4n) is 2.75. The van der Waals surface area contributed by atoms with Crippen molar-refractivity contribution in [3.63, 3.8) is 0 Å². The number of piperazine rings is 1. The number of hydrogen-bond donors (Lipinski definition) is 1. The number of nitrogens with one attached hydrogen (secondary N) is 1. The monoisotopic (exact) mass is 246 g/mol. The molecule has 1 saturated carbocycles. The van der Waals surface area contributed by atoms with E-state index in [1.165, 1.54) is 6.42 Å². The van der Waals surface area contributed by atoms with E-state index < -0.39 is 10.0 Å². The Kier molecular flexibility index (Phi) is 3.87. The molecule has 2 fully saturated rings. The number of hydrogen-bond acceptors (Lipinski definition) is 3. The van der Waals surface area contributed by atoms with Gasteiger partial charge in [0, 0.05) is 25.7 Å². The molecule has 5 heteroatoms. The summed E-state index contributed by atoms with van der Waals surface area (Å²) in [6.07, 6.45) is 5.07. The van der Waals surface area contributed by atoms with E-state index in [1.54, 1.807) is 4.31 Å². The first-order valence-electron chi connectivity index (χ1n) is 6.34. The van der Waals surface area contributed by atoms with Gasteiger partial charge in [0.2, 0.25) is 10.0 Å². The lowest BCUT2D eigenvalue weighted by atomic mass is 10.0. The number of rotatable bonds is 2. The van der Waals surface area contributed by atoms with Crippen molar-refractivity contribution in [3.8, 4) is 0 Å². The highest BCUT2D eigenvalue weighted by Gasteiger charge is 2.36. The Hall–Kier alpha value is -0.130. The maximum Gasteiger partial charge on any atom is 0.217 e. The van der Waals surface area contributed by atoms with Gasteiger partial charge in [0.1, 0.15) is 0 Å². The molecule has 94 valence electrons. The Morgan fingerprint density at radius 1 is 1.19 bits per heavy atom. The second-order valence-corrected chi connectivity index (χ2v) is 7.13. The Bertz CT molecular complexity index is 323. The Balaban J connectivity index is 2.10. The third-order valence-electron chi connectivity index (χ3n) is 3.74. The molecule has 16 heavy (non-hydrogen) atoms. The SMILES string of the molecule is C[C@@H]1CNCCN1S(=O)(=O)C1CCCCC1. The minimum absolute atomic E-state index is 0.109. The van der Waals surface area contributed by atoms with Crippen LogP contribution in [0.3, 0.4) is 0 Å². The average Bonchev–Trinajstić information content (AvgIpc) is 2.30. The molecule has 0 aromatic heterocycles. The van der Waals surface area contributed by atoms with E-state index in [2.05, 4.69) is 5.32 Å². The Morgan fingerprint density at radius 2 is 1.88 bits per heavy atom. The second kappa shape index (κ2) is 5.02. The minimum atomic E-state index is -3.04. The van der Waals surface area contributed by atoms with Crippen LogP contribution >= 0.6 is 0 Å². The van der Waals surface area contributed by atoms with E-state index >= 15 is 0 Å². The lowest BCUT2D eigenvalue weighted by molar-refractivity contribution is 0.277. The summed E-state index contributed by atoms with van der Waals surface area (Å²) in [5.41, 5.74) is 0. The highest BCUT2D eigenvalue weighted by Crippen LogP contribution is 2.27. The third-order valence-corrected chi connectivity index (χ3v) is 6.25. The molecule has 0 radical (unpaired) electrons. The molecule has 0 aromatic carbocycles. The van der Waals surface area contributed by atoms with Gasteiger partial charge >= 0.3 is 0 Å². The predicted octanol–water partition coefficient (Wildman–Crippen LogP) is 0.943. The van der Waals surface area contributed by atoms with Gasteiger partial charge in [-0.1, -0.05) is 19.3 Å². The van der Waals surface area contributed by atoms with Crippen molar-refractivity contribution in [3.05, 3.63) is 0 Å². The normalized spacial score (nSPS) is 30.4. The highest BCUT2D eigenvalue weighted by molar-refractivity contribution is 7.89. The molecule has 0 spiro atoms. The fraction of sp³-hybridized carbons (Fsp3) is 1.00. The van der Waals surface area contributed by atoms with Crippen molar-refractivity contribution in [1.29, 1.82) is 0 Å². The molecule has 0 amide bonds. The van der Waals surface area contributed by atoms with Gasteiger partial charge in [-0.15, -0.1) is 0 Å². The largest absolute Gasteiger partial charge is 0.314 e. The summed E-state index contributed by atoms with van der Waals surface area (Å²) < 4.78 is 26.6. The van der Waals surface area contributed by atoms with Crippen molar-refractivity contribution in [2.75, 3.05) is 19.6 Å². The molecule has 0 bridgehead atoms. The molecular formula is C11H22N2O2S. The van der Waals surface area contributed by atoms with Crippen LogP contribution in [0.5, 0.6) is 0 Å². The van der Waals surface area contributed by atoms with Gasteiger partial charge in [-0.3, -0.25) is 0 Å². The summed E-state index contributed by atoms with van der Waals surface area (Å²) in [5.74, 6) is 0. The summed E-state index contributed by atoms with van der Waals surface area (Å²) in [5, 5.41) is 3.12. The third kappa shape index (κ3) is 2.41. The maximum atomic E-state index is 12.4. The van der Waals surface area contributed by atoms with Gasteiger partial charge < -0.3 is 5.32 Å². The van der Waals surface area contributed by atoms with Crippen LogP contribution in [0.1, 0.15) is 39.0 Å². The number of nitrogens with zero attached hydrogens (tertiary/aromatic N) is 1. The zero-order valence-corrected chi connectivity index (χ0v) is 10.8. The van der Waals surface area contributed by atoms with Crippen LogP contribution in [-0.2, 0) is 10.0 Å². The van der Waals surface area contributed by atoms with E-state index in [4.69, 9.17) is 0 Å². The Morgan fingerprint density at radius 3 is 2.50 bits per heavy atom. The quantitative estimate of drug-likeness (QED) is 0.789. The standard InChI is InChI=1S/C11H22N2O2S/c1-10-9-12-7-8-13(10)16(14,15)11-5-3-2-4-6-11/h10-12H,2-9H2,1H3/t10-/m1/s1. The first-order chi connectivity index (χ1) is 7.62. The first-order valence-corrected chi connectivity index (χ1v) is 7.84. The van der Waals surface area contributed by atoms with E-state index in [9.17, 15) is 8.42 Å². The van der Waals surface area contributed by atoms with Crippen LogP contribution in [-0.4, -0.2) is 43.6 Å². The fourth-order valence-corrected chi connectivity index (χ4v) is 4.99. The van der Waals surface area contributed by atoms with Gasteiger partial charge in [-0.25, -0.2) is 8.42 Å². The molecule has 2 aliphatic rings. The molecule has 1 aliphatic carbocycles. The molecule has 1 atom stereocenters. The zero-order chi connectivity index (χ0) is 11.6. The van der Waals surface area contributed by atoms with Crippen LogP contribution < -0.4 is 5.32 Å². The molecular weight excluding hydrogens is 224 g/mol. The van der Waals surface area contributed by atoms with Crippen LogP contribution in [0.4, 0.5) is 0 Å². The molecule has 1 heterocycles. The predicted molar refractivity (Wildman–Crippen MR) is 64.8 cm³/mol. The lowest BCUT2D eigenvalue weighted by Crippen LogP contribution is -2.54. The number of sulfonamides is 1. The average molecular weight is 246 g/mol. The minimum Gasteiger partial charge on any atom is -0.314 e. The van der Waals surface area contributed by atoms with Crippen molar-refractivity contribution in [1.82, 2.24) is 9.62 Å². The van der Waals surface area contributed by atoms with Crippen molar-refractivity contribution in [2.45, 2.75) is 50.3 Å². The molecule has 0 aromatic rings. The van der Waals surface area contributed by atoms with Crippen molar-refractivity contribution < 1.29 is 8.42 Å². The van der Waals surface area contributed by atoms with Gasteiger partial charge in [-0.05, 0) is 19.8 Å². The summed E-state index contributed by atoms with van der Waals surface area (Å²) in [7, 11) is -3.04. The second-order valence-electron chi connectivity index (χ2n) is 4.97. The van der Waals surface area contributed by atoms with E-state index in [-0.39, 0.29) is 11.3 Å².